The van der Waals surface area contributed by atoms with Crippen molar-refractivity contribution in [1.29, 1.82) is 0 Å². The van der Waals surface area contributed by atoms with Gasteiger partial charge in [-0.15, -0.1) is 0 Å². The molecule has 0 aromatic heterocycles. The first kappa shape index (κ1) is 20.0. The molecule has 2 aromatic rings. The van der Waals surface area contributed by atoms with Gasteiger partial charge in [0, 0.05) is 33.5 Å². The number of nitro benzene ring substituents is 2. The highest BCUT2D eigenvalue weighted by atomic mass is 35.7. The van der Waals surface area contributed by atoms with Gasteiger partial charge in [-0.3, -0.25) is 20.2 Å². The van der Waals surface area contributed by atoms with E-state index >= 15 is 0 Å². The molecule has 26 heavy (non-hydrogen) atoms. The zero-order valence-electron chi connectivity index (χ0n) is 12.2. The third-order valence-electron chi connectivity index (χ3n) is 3.19. The Balaban J connectivity index is 2.83. The predicted molar refractivity (Wildman–Crippen MR) is 91.3 cm³/mol. The fourth-order valence-electron chi connectivity index (χ4n) is 2.08. The molecule has 0 fully saturated rings. The minimum absolute atomic E-state index is 0.302. The highest BCUT2D eigenvalue weighted by Crippen LogP contribution is 2.39. The topological polar surface area (TPSA) is 155 Å². The van der Waals surface area contributed by atoms with Crippen molar-refractivity contribution in [2.75, 3.05) is 0 Å². The summed E-state index contributed by atoms with van der Waals surface area (Å²) in [5.74, 6) is 0. The van der Waals surface area contributed by atoms with Gasteiger partial charge >= 0.3 is 0 Å². The highest BCUT2D eigenvalue weighted by Gasteiger charge is 2.27. The summed E-state index contributed by atoms with van der Waals surface area (Å²) < 4.78 is 45.4. The van der Waals surface area contributed by atoms with Crippen LogP contribution >= 0.6 is 21.4 Å². The molecule has 2 aromatic carbocycles. The Hall–Kier alpha value is -2.28. The molecule has 14 heteroatoms. The number of benzene rings is 2. The highest BCUT2D eigenvalue weighted by molar-refractivity contribution is 8.14. The van der Waals surface area contributed by atoms with Gasteiger partial charge in [-0.1, -0.05) is 0 Å². The van der Waals surface area contributed by atoms with E-state index in [4.69, 9.17) is 21.4 Å². The van der Waals surface area contributed by atoms with Gasteiger partial charge in [0.25, 0.3) is 29.5 Å². The van der Waals surface area contributed by atoms with E-state index < -0.39 is 49.1 Å². The van der Waals surface area contributed by atoms with E-state index in [2.05, 4.69) is 0 Å². The number of nitrogens with zero attached hydrogens (tertiary/aromatic N) is 2. The molecule has 0 saturated heterocycles. The molecule has 0 bridgehead atoms. The summed E-state index contributed by atoms with van der Waals surface area (Å²) in [5.41, 5.74) is -2.14. The number of rotatable bonds is 5. The van der Waals surface area contributed by atoms with Gasteiger partial charge in [-0.25, -0.2) is 16.8 Å². The lowest BCUT2D eigenvalue weighted by molar-refractivity contribution is -0.386. The summed E-state index contributed by atoms with van der Waals surface area (Å²) in [6.45, 7) is 0. The fraction of sp³-hybridized carbons (Fsp3) is 0. The Morgan fingerprint density at radius 3 is 1.23 bits per heavy atom. The van der Waals surface area contributed by atoms with E-state index in [1.165, 1.54) is 0 Å². The summed E-state index contributed by atoms with van der Waals surface area (Å²) in [6.07, 6.45) is 0. The molecular formula is C12H6Cl2N2O8S2. The van der Waals surface area contributed by atoms with Crippen molar-refractivity contribution in [3.8, 4) is 11.1 Å². The SMILES string of the molecule is O=[N+]([O-])c1cc(S(=O)(=O)Cl)ccc1-c1ccc(S(=O)(=O)Cl)cc1[N+](=O)[O-]. The summed E-state index contributed by atoms with van der Waals surface area (Å²) in [7, 11) is 1.75. The second-order valence-electron chi connectivity index (χ2n) is 4.75. The third kappa shape index (κ3) is 4.09. The van der Waals surface area contributed by atoms with Crippen molar-refractivity contribution in [3.05, 3.63) is 56.6 Å². The average molecular weight is 441 g/mol. The first-order valence-corrected chi connectivity index (χ1v) is 10.9. The van der Waals surface area contributed by atoms with Crippen molar-refractivity contribution in [1.82, 2.24) is 0 Å². The van der Waals surface area contributed by atoms with E-state index in [9.17, 15) is 37.1 Å². The first-order chi connectivity index (χ1) is 11.8. The van der Waals surface area contributed by atoms with Crippen molar-refractivity contribution in [2.24, 2.45) is 0 Å². The van der Waals surface area contributed by atoms with Crippen LogP contribution < -0.4 is 0 Å². The van der Waals surface area contributed by atoms with Crippen LogP contribution in [0.4, 0.5) is 11.4 Å². The molecule has 10 nitrogen and oxygen atoms in total. The lowest BCUT2D eigenvalue weighted by atomic mass is 10.0. The molecule has 0 amide bonds. The van der Waals surface area contributed by atoms with Gasteiger partial charge in [0.2, 0.25) is 0 Å². The minimum atomic E-state index is -4.27. The zero-order chi connectivity index (χ0) is 19.9. The number of halogens is 2. The van der Waals surface area contributed by atoms with Crippen LogP contribution in [0.1, 0.15) is 0 Å². The molecular weight excluding hydrogens is 435 g/mol. The van der Waals surface area contributed by atoms with Crippen LogP contribution in [-0.2, 0) is 18.1 Å². The van der Waals surface area contributed by atoms with Crippen LogP contribution in [0.15, 0.2) is 46.2 Å². The Morgan fingerprint density at radius 2 is 1.00 bits per heavy atom. The zero-order valence-corrected chi connectivity index (χ0v) is 15.3. The summed E-state index contributed by atoms with van der Waals surface area (Å²) in [5, 5.41) is 22.5. The van der Waals surface area contributed by atoms with Crippen LogP contribution in [0, 0.1) is 20.2 Å². The molecule has 0 radical (unpaired) electrons. The van der Waals surface area contributed by atoms with Crippen LogP contribution in [0.5, 0.6) is 0 Å². The molecule has 0 aliphatic carbocycles. The third-order valence-corrected chi connectivity index (χ3v) is 5.89. The van der Waals surface area contributed by atoms with Gasteiger partial charge in [0.05, 0.1) is 30.8 Å². The molecule has 0 N–H and O–H groups in total. The molecule has 138 valence electrons. The Kier molecular flexibility index (Phi) is 5.24. The summed E-state index contributed by atoms with van der Waals surface area (Å²) >= 11 is 0. The van der Waals surface area contributed by atoms with E-state index in [0.717, 1.165) is 24.3 Å². The number of hydrogen-bond donors (Lipinski definition) is 0. The second-order valence-corrected chi connectivity index (χ2v) is 9.88. The van der Waals surface area contributed by atoms with Crippen LogP contribution in [0.25, 0.3) is 11.1 Å². The Morgan fingerprint density at radius 1 is 0.692 bits per heavy atom. The smallest absolute Gasteiger partial charge is 0.258 e. The maximum Gasteiger partial charge on any atom is 0.278 e. The largest absolute Gasteiger partial charge is 0.278 e. The molecule has 0 aliphatic heterocycles. The van der Waals surface area contributed by atoms with Gasteiger partial charge in [0.1, 0.15) is 0 Å². The van der Waals surface area contributed by atoms with Crippen LogP contribution in [0.2, 0.25) is 0 Å². The monoisotopic (exact) mass is 440 g/mol. The summed E-state index contributed by atoms with van der Waals surface area (Å²) in [4.78, 5) is 19.5. The second kappa shape index (κ2) is 6.79. The average Bonchev–Trinajstić information content (AvgIpc) is 2.51. The molecule has 0 spiro atoms. The minimum Gasteiger partial charge on any atom is -0.258 e. The maximum atomic E-state index is 11.3. The summed E-state index contributed by atoms with van der Waals surface area (Å²) in [6, 6.07) is 5.08. The Bertz CT molecular complexity index is 1050. The lowest BCUT2D eigenvalue weighted by Gasteiger charge is -2.07. The number of hydrogen-bond acceptors (Lipinski definition) is 8. The quantitative estimate of drug-likeness (QED) is 0.390. The number of nitro groups is 2. The maximum absolute atomic E-state index is 11.3. The molecule has 0 heterocycles. The lowest BCUT2D eigenvalue weighted by Crippen LogP contribution is -2.00. The van der Waals surface area contributed by atoms with Gasteiger partial charge < -0.3 is 0 Å². The van der Waals surface area contributed by atoms with Gasteiger partial charge in [-0.2, -0.15) is 0 Å². The van der Waals surface area contributed by atoms with Crippen molar-refractivity contribution < 1.29 is 26.7 Å². The molecule has 2 rings (SSSR count). The Labute approximate surface area is 155 Å². The van der Waals surface area contributed by atoms with Gasteiger partial charge in [-0.05, 0) is 24.3 Å². The van der Waals surface area contributed by atoms with Crippen LogP contribution in [-0.4, -0.2) is 26.7 Å². The van der Waals surface area contributed by atoms with Crippen LogP contribution in [0.3, 0.4) is 0 Å². The van der Waals surface area contributed by atoms with Crippen molar-refractivity contribution in [3.63, 3.8) is 0 Å². The van der Waals surface area contributed by atoms with Crippen molar-refractivity contribution in [2.45, 2.75) is 9.79 Å². The van der Waals surface area contributed by atoms with Gasteiger partial charge in [0.15, 0.2) is 0 Å². The standard InChI is InChI=1S/C12H6Cl2N2O8S2/c13-25(21,22)7-1-3-9(11(5-7)15(17)18)10-4-2-8(26(14,23)24)6-12(10)16(19)20/h1-6H. The fourth-order valence-corrected chi connectivity index (χ4v) is 3.63. The predicted octanol–water partition coefficient (Wildman–Crippen LogP) is 3.03. The molecule has 0 atom stereocenters. The first-order valence-electron chi connectivity index (χ1n) is 6.29. The van der Waals surface area contributed by atoms with Crippen molar-refractivity contribution >= 4 is 50.8 Å². The van der Waals surface area contributed by atoms with E-state index in [1.807, 2.05) is 0 Å². The van der Waals surface area contributed by atoms with E-state index in [0.29, 0.717) is 12.1 Å². The van der Waals surface area contributed by atoms with E-state index in [-0.39, 0.29) is 11.1 Å². The molecule has 0 saturated carbocycles. The normalized spacial score (nSPS) is 11.9. The van der Waals surface area contributed by atoms with E-state index in [1.54, 1.807) is 0 Å². The molecule has 0 unspecified atom stereocenters. The molecule has 0 aliphatic rings.